The first-order valence-electron chi connectivity index (χ1n) is 18.2. The number of aromatic hydroxyl groups is 1. The lowest BCUT2D eigenvalue weighted by molar-refractivity contribution is -0.136. The third kappa shape index (κ3) is 5.31. The number of aliphatic hydroxyl groups is 1. The first-order chi connectivity index (χ1) is 26.1. The summed E-state index contributed by atoms with van der Waals surface area (Å²) in [5.74, 6) is 1.09. The number of piperazine rings is 1. The van der Waals surface area contributed by atoms with Crippen LogP contribution in [-0.4, -0.2) is 83.3 Å². The van der Waals surface area contributed by atoms with Gasteiger partial charge in [-0.15, -0.1) is 11.8 Å². The number of rotatable bonds is 2. The van der Waals surface area contributed by atoms with Crippen molar-refractivity contribution in [2.24, 2.45) is 0 Å². The normalized spacial score (nSPS) is 26.1. The number of esters is 2. The molecule has 1 aromatic heterocycles. The number of phenols is 1. The maximum absolute atomic E-state index is 14.3. The van der Waals surface area contributed by atoms with Crippen LogP contribution in [0.4, 0.5) is 5.69 Å². The van der Waals surface area contributed by atoms with E-state index in [4.69, 9.17) is 29.4 Å². The molecule has 0 unspecified atom stereocenters. The topological polar surface area (TPSA) is 190 Å². The quantitative estimate of drug-likeness (QED) is 0.0971. The number of carbonyl (C=O) groups excluding carboxylic acids is 2. The van der Waals surface area contributed by atoms with Crippen molar-refractivity contribution in [3.05, 3.63) is 68.9 Å². The van der Waals surface area contributed by atoms with E-state index < -0.39 is 47.6 Å². The van der Waals surface area contributed by atoms with E-state index in [1.54, 1.807) is 17.8 Å². The van der Waals surface area contributed by atoms with Gasteiger partial charge in [0.2, 0.25) is 6.79 Å². The lowest BCUT2D eigenvalue weighted by Gasteiger charge is -2.58. The summed E-state index contributed by atoms with van der Waals surface area (Å²) >= 11 is 1.61. The minimum absolute atomic E-state index is 0.0374. The molecule has 10 rings (SSSR count). The van der Waals surface area contributed by atoms with Crippen LogP contribution in [0.5, 0.6) is 28.7 Å². The molecule has 4 aromatic rings. The first kappa shape index (κ1) is 35.1. The fourth-order valence-electron chi connectivity index (χ4n) is 9.39. The van der Waals surface area contributed by atoms with Gasteiger partial charge in [-0.3, -0.25) is 9.69 Å². The number of H-pyrrole nitrogens is 1. The standard InChI is InChI=1S/C39H43N5O9S/c1-16-10-19-11-24-38(47)44-25-13-50-39(48)29-21(22-12-20(40)7-8-23(22)42-29)6-5-9-41-14-54-37(31(44)30(43-24)26(19)32(46)33(16)49-4)28-27(25)36-35(51-15-52-36)17(2)34(28)53-18(3)45/h7-8,10,12,24-25,30-31,37-38,41-43,46-47H,5-6,9,11,13-15,40H2,1-4H3/t24-,25-,30+,31+,37+,38-/m0/s1. The van der Waals surface area contributed by atoms with Crippen LogP contribution >= 0.6 is 11.8 Å². The summed E-state index contributed by atoms with van der Waals surface area (Å²) < 4.78 is 30.3. The number of thioether (sulfide) groups is 1. The molecule has 4 bridgehead atoms. The number of nitrogens with zero attached hydrogens (tertiary/aromatic N) is 1. The molecule has 3 aromatic carbocycles. The second-order valence-corrected chi connectivity index (χ2v) is 15.8. The van der Waals surface area contributed by atoms with Gasteiger partial charge in [0.15, 0.2) is 23.0 Å². The predicted octanol–water partition coefficient (Wildman–Crippen LogP) is 4.17. The highest BCUT2D eigenvalue weighted by Crippen LogP contribution is 2.62. The van der Waals surface area contributed by atoms with E-state index in [1.807, 2.05) is 36.9 Å². The van der Waals surface area contributed by atoms with Gasteiger partial charge >= 0.3 is 11.9 Å². The Morgan fingerprint density at radius 1 is 1.09 bits per heavy atom. The molecule has 0 amide bonds. The predicted molar refractivity (Wildman–Crippen MR) is 200 cm³/mol. The number of ether oxygens (including phenoxy) is 5. The van der Waals surface area contributed by atoms with Crippen LogP contribution in [0.25, 0.3) is 10.9 Å². The van der Waals surface area contributed by atoms with Crippen LogP contribution in [0.1, 0.15) is 80.1 Å². The average molecular weight is 758 g/mol. The van der Waals surface area contributed by atoms with Crippen molar-refractivity contribution in [2.45, 2.75) is 75.7 Å². The van der Waals surface area contributed by atoms with E-state index in [9.17, 15) is 19.8 Å². The second-order valence-electron chi connectivity index (χ2n) is 14.6. The molecule has 1 fully saturated rings. The number of nitrogen functional groups attached to an aromatic ring is 1. The van der Waals surface area contributed by atoms with Crippen molar-refractivity contribution >= 4 is 40.3 Å². The number of aryl methyl sites for hydroxylation is 2. The van der Waals surface area contributed by atoms with E-state index >= 15 is 0 Å². The van der Waals surface area contributed by atoms with Crippen LogP contribution in [0.3, 0.4) is 0 Å². The number of phenolic OH excluding ortho intramolecular Hbond substituents is 1. The van der Waals surface area contributed by atoms with Crippen molar-refractivity contribution < 1.29 is 43.5 Å². The molecule has 1 saturated heterocycles. The molecule has 7 heterocycles. The highest BCUT2D eigenvalue weighted by molar-refractivity contribution is 7.99. The minimum atomic E-state index is -1.06. The van der Waals surface area contributed by atoms with Crippen molar-refractivity contribution in [3.8, 4) is 28.7 Å². The van der Waals surface area contributed by atoms with Gasteiger partial charge in [-0.05, 0) is 74.5 Å². The van der Waals surface area contributed by atoms with Crippen molar-refractivity contribution in [1.29, 1.82) is 0 Å². The zero-order chi connectivity index (χ0) is 37.6. The summed E-state index contributed by atoms with van der Waals surface area (Å²) in [5, 5.41) is 32.0. The van der Waals surface area contributed by atoms with Gasteiger partial charge in [-0.25, -0.2) is 4.79 Å². The van der Waals surface area contributed by atoms with Gasteiger partial charge in [0.1, 0.15) is 24.3 Å². The smallest absolute Gasteiger partial charge is 0.355 e. The maximum atomic E-state index is 14.3. The van der Waals surface area contributed by atoms with E-state index in [0.29, 0.717) is 81.9 Å². The Kier molecular flexibility index (Phi) is 8.61. The number of hydrogen-bond acceptors (Lipinski definition) is 14. The van der Waals surface area contributed by atoms with Crippen LogP contribution < -0.4 is 35.3 Å². The van der Waals surface area contributed by atoms with Crippen LogP contribution in [0.2, 0.25) is 0 Å². The zero-order valence-electron chi connectivity index (χ0n) is 30.4. The van der Waals surface area contributed by atoms with Gasteiger partial charge in [-0.2, -0.15) is 0 Å². The third-order valence-corrected chi connectivity index (χ3v) is 12.8. The maximum Gasteiger partial charge on any atom is 0.355 e. The Balaban J connectivity index is 1.27. The van der Waals surface area contributed by atoms with Crippen molar-refractivity contribution in [1.82, 2.24) is 20.5 Å². The number of carbonyl (C=O) groups is 2. The Morgan fingerprint density at radius 2 is 1.91 bits per heavy atom. The van der Waals surface area contributed by atoms with E-state index in [-0.39, 0.29) is 19.1 Å². The third-order valence-electron chi connectivity index (χ3n) is 11.5. The molecule has 14 nitrogen and oxygen atoms in total. The first-order valence-corrected chi connectivity index (χ1v) is 19.3. The molecule has 7 N–H and O–H groups in total. The number of hydrogen-bond donors (Lipinski definition) is 6. The summed E-state index contributed by atoms with van der Waals surface area (Å²) in [7, 11) is 1.53. The van der Waals surface area contributed by atoms with Gasteiger partial charge in [0.25, 0.3) is 0 Å². The minimum Gasteiger partial charge on any atom is -0.504 e. The Morgan fingerprint density at radius 3 is 2.70 bits per heavy atom. The van der Waals surface area contributed by atoms with Gasteiger partial charge in [-0.1, -0.05) is 6.07 Å². The van der Waals surface area contributed by atoms with Crippen molar-refractivity contribution in [3.63, 3.8) is 0 Å². The Hall–Kier alpha value is -4.67. The number of benzene rings is 3. The molecular formula is C39H43N5O9S. The number of aliphatic hydroxyl groups excluding tert-OH is 1. The highest BCUT2D eigenvalue weighted by atomic mass is 32.2. The average Bonchev–Trinajstić information content (AvgIpc) is 3.77. The SMILES string of the molecule is COc1c(C)cc2c(c1O)[C@H]1N[C@@H](C2)[C@H](O)N2[C@H]1[C@@H]1SCNCCCc3c([nH]c4ccc(N)cc34)C(=O)OC[C@H]2c2c3c(c(C)c(OC(C)=O)c21)OCO3. The van der Waals surface area contributed by atoms with Gasteiger partial charge in [0.05, 0.1) is 30.5 Å². The molecule has 15 heteroatoms. The molecular weight excluding hydrogens is 715 g/mol. The molecule has 0 aliphatic carbocycles. The fourth-order valence-corrected chi connectivity index (χ4v) is 10.7. The number of methoxy groups -OCH3 is 1. The van der Waals surface area contributed by atoms with Crippen LogP contribution in [0, 0.1) is 13.8 Å². The van der Waals surface area contributed by atoms with Gasteiger partial charge in [0, 0.05) is 57.7 Å². The Labute approximate surface area is 315 Å². The van der Waals surface area contributed by atoms with Crippen LogP contribution in [0.15, 0.2) is 24.3 Å². The molecule has 0 saturated carbocycles. The molecule has 6 aliphatic rings. The summed E-state index contributed by atoms with van der Waals surface area (Å²) in [4.78, 5) is 32.4. The molecule has 54 heavy (non-hydrogen) atoms. The largest absolute Gasteiger partial charge is 0.504 e. The molecule has 0 spiro atoms. The molecule has 0 radical (unpaired) electrons. The van der Waals surface area contributed by atoms with Crippen LogP contribution in [-0.2, 0) is 22.4 Å². The molecule has 6 aliphatic heterocycles. The number of anilines is 1. The monoisotopic (exact) mass is 757 g/mol. The summed E-state index contributed by atoms with van der Waals surface area (Å²) in [6.45, 7) is 5.48. The number of fused-ring (bicyclic) bond motifs is 13. The summed E-state index contributed by atoms with van der Waals surface area (Å²) in [6.07, 6.45) is 0.699. The van der Waals surface area contributed by atoms with E-state index in [1.165, 1.54) is 14.0 Å². The van der Waals surface area contributed by atoms with Crippen molar-refractivity contribution in [2.75, 3.05) is 38.7 Å². The Bertz CT molecular complexity index is 2220. The van der Waals surface area contributed by atoms with Gasteiger partial charge < -0.3 is 55.2 Å². The fraction of sp³-hybridized carbons (Fsp3) is 0.436. The highest BCUT2D eigenvalue weighted by Gasteiger charge is 2.58. The summed E-state index contributed by atoms with van der Waals surface area (Å²) in [5.41, 5.74) is 13.0. The number of aromatic nitrogens is 1. The van der Waals surface area contributed by atoms with E-state index in [0.717, 1.165) is 34.0 Å². The number of nitrogens with one attached hydrogen (secondary N) is 3. The zero-order valence-corrected chi connectivity index (χ0v) is 31.2. The number of nitrogens with two attached hydrogens (primary N) is 1. The van der Waals surface area contributed by atoms with E-state index in [2.05, 4.69) is 15.6 Å². The molecule has 6 atom stereocenters. The lowest BCUT2D eigenvalue weighted by Crippen LogP contribution is -2.69. The number of aromatic amines is 1. The molecule has 284 valence electrons. The lowest BCUT2D eigenvalue weighted by atomic mass is 9.74. The second kappa shape index (κ2) is 13.3. The summed E-state index contributed by atoms with van der Waals surface area (Å²) in [6, 6.07) is 5.25.